The van der Waals surface area contributed by atoms with Crippen LogP contribution in [0.3, 0.4) is 0 Å². The predicted molar refractivity (Wildman–Crippen MR) is 110 cm³/mol. The zero-order chi connectivity index (χ0) is 20.3. The maximum absolute atomic E-state index is 12.2. The number of hydrogen-bond acceptors (Lipinski definition) is 5. The average molecular weight is 388 g/mol. The van der Waals surface area contributed by atoms with E-state index in [-0.39, 0.29) is 24.0 Å². The average Bonchev–Trinajstić information content (AvgIpc) is 2.60. The van der Waals surface area contributed by atoms with Gasteiger partial charge in [-0.25, -0.2) is 0 Å². The number of carbonyl (C=O) groups excluding carboxylic acids is 2. The predicted octanol–water partition coefficient (Wildman–Crippen LogP) is 5.23. The fourth-order valence-electron chi connectivity index (χ4n) is 4.68. The highest BCUT2D eigenvalue weighted by Gasteiger charge is 2.40. The minimum Gasteiger partial charge on any atom is -0.491 e. The quantitative estimate of drug-likeness (QED) is 0.394. The third-order valence-corrected chi connectivity index (χ3v) is 6.04. The molecule has 1 aromatic carbocycles. The van der Waals surface area contributed by atoms with Crippen molar-refractivity contribution < 1.29 is 19.1 Å². The monoisotopic (exact) mass is 387 g/mol. The first-order valence-electron chi connectivity index (χ1n) is 10.7. The van der Waals surface area contributed by atoms with E-state index < -0.39 is 0 Å². The van der Waals surface area contributed by atoms with Crippen molar-refractivity contribution in [3.8, 4) is 11.5 Å². The van der Waals surface area contributed by atoms with E-state index in [2.05, 4.69) is 26.1 Å². The molecule has 1 aromatic rings. The van der Waals surface area contributed by atoms with Crippen LogP contribution in [0.2, 0.25) is 0 Å². The molecule has 0 saturated heterocycles. The second-order valence-corrected chi connectivity index (χ2v) is 8.39. The molecule has 3 rings (SSSR count). The minimum absolute atomic E-state index is 0.0953. The van der Waals surface area contributed by atoms with E-state index >= 15 is 0 Å². The van der Waals surface area contributed by atoms with Gasteiger partial charge in [0.1, 0.15) is 17.3 Å². The standard InChI is InChI=1S/C23H33NO4/c1-5-6-7-8-14(2)27-18-12-21-23(22(13-18)28-16(4)25)20-11-17(26)9-10-19(20)15(3)24-21/h12-15,19-20,24H,5-11H2,1-4H3/t14?,15-,19?,20?/m0/s1. The maximum Gasteiger partial charge on any atom is 0.308 e. The fourth-order valence-corrected chi connectivity index (χ4v) is 4.68. The Hall–Kier alpha value is -2.04. The smallest absolute Gasteiger partial charge is 0.308 e. The van der Waals surface area contributed by atoms with Gasteiger partial charge in [0.2, 0.25) is 0 Å². The topological polar surface area (TPSA) is 64.6 Å². The van der Waals surface area contributed by atoms with Crippen LogP contribution in [0.5, 0.6) is 11.5 Å². The zero-order valence-corrected chi connectivity index (χ0v) is 17.5. The Kier molecular flexibility index (Phi) is 6.63. The largest absolute Gasteiger partial charge is 0.491 e. The van der Waals surface area contributed by atoms with Crippen LogP contribution in [0.15, 0.2) is 12.1 Å². The summed E-state index contributed by atoms with van der Waals surface area (Å²) in [6.45, 7) is 7.85. The summed E-state index contributed by atoms with van der Waals surface area (Å²) in [7, 11) is 0. The van der Waals surface area contributed by atoms with Gasteiger partial charge in [0.05, 0.1) is 6.10 Å². The summed E-state index contributed by atoms with van der Waals surface area (Å²) in [4.78, 5) is 23.9. The van der Waals surface area contributed by atoms with Crippen LogP contribution < -0.4 is 14.8 Å². The number of carbonyl (C=O) groups is 2. The second-order valence-electron chi connectivity index (χ2n) is 8.39. The molecule has 1 heterocycles. The molecule has 3 unspecified atom stereocenters. The van der Waals surface area contributed by atoms with Crippen LogP contribution in [0.1, 0.15) is 84.1 Å². The van der Waals surface area contributed by atoms with Gasteiger partial charge in [-0.15, -0.1) is 0 Å². The summed E-state index contributed by atoms with van der Waals surface area (Å²) >= 11 is 0. The molecule has 1 saturated carbocycles. The van der Waals surface area contributed by atoms with Crippen molar-refractivity contribution in [1.82, 2.24) is 0 Å². The lowest BCUT2D eigenvalue weighted by atomic mass is 9.69. The van der Waals surface area contributed by atoms with Gasteiger partial charge in [0.25, 0.3) is 0 Å². The maximum atomic E-state index is 12.2. The molecule has 0 spiro atoms. The lowest BCUT2D eigenvalue weighted by molar-refractivity contribution is -0.131. The Bertz CT molecular complexity index is 730. The SMILES string of the molecule is CCCCCC(C)Oc1cc2c(c(OC(C)=O)c1)C1CC(=O)CCC1[C@H](C)N2. The number of benzene rings is 1. The number of anilines is 1. The minimum atomic E-state index is -0.354. The van der Waals surface area contributed by atoms with Crippen LogP contribution in [0, 0.1) is 5.92 Å². The molecular formula is C23H33NO4. The lowest BCUT2D eigenvalue weighted by Crippen LogP contribution is -2.39. The van der Waals surface area contributed by atoms with Gasteiger partial charge in [-0.2, -0.15) is 0 Å². The summed E-state index contributed by atoms with van der Waals surface area (Å²) in [6, 6.07) is 4.10. The number of esters is 1. The first-order chi connectivity index (χ1) is 13.4. The Balaban J connectivity index is 1.91. The molecule has 1 aliphatic carbocycles. The van der Waals surface area contributed by atoms with Gasteiger partial charge >= 0.3 is 5.97 Å². The van der Waals surface area contributed by atoms with Crippen molar-refractivity contribution in [3.05, 3.63) is 17.7 Å². The third kappa shape index (κ3) is 4.68. The molecule has 4 atom stereocenters. The van der Waals surface area contributed by atoms with Gasteiger partial charge in [0, 0.05) is 55.1 Å². The van der Waals surface area contributed by atoms with Crippen LogP contribution >= 0.6 is 0 Å². The van der Waals surface area contributed by atoms with E-state index in [0.717, 1.165) is 30.5 Å². The van der Waals surface area contributed by atoms with Crippen molar-refractivity contribution in [3.63, 3.8) is 0 Å². The molecule has 1 fully saturated rings. The molecule has 28 heavy (non-hydrogen) atoms. The number of hydrogen-bond donors (Lipinski definition) is 1. The van der Waals surface area contributed by atoms with E-state index in [1.54, 1.807) is 0 Å². The molecule has 0 radical (unpaired) electrons. The molecule has 1 N–H and O–H groups in total. The Morgan fingerprint density at radius 3 is 2.82 bits per heavy atom. The lowest BCUT2D eigenvalue weighted by Gasteiger charge is -2.42. The van der Waals surface area contributed by atoms with Crippen LogP contribution in [0.25, 0.3) is 0 Å². The van der Waals surface area contributed by atoms with Crippen LogP contribution in [-0.2, 0) is 9.59 Å². The first kappa shape index (κ1) is 20.7. The highest BCUT2D eigenvalue weighted by Crippen LogP contribution is 2.50. The molecule has 0 aromatic heterocycles. The molecule has 5 heteroatoms. The van der Waals surface area contributed by atoms with Gasteiger partial charge in [-0.1, -0.05) is 19.8 Å². The number of rotatable bonds is 7. The number of unbranched alkanes of at least 4 members (excludes halogenated alkanes) is 2. The van der Waals surface area contributed by atoms with Gasteiger partial charge < -0.3 is 14.8 Å². The third-order valence-electron chi connectivity index (χ3n) is 6.04. The molecule has 0 amide bonds. The summed E-state index contributed by atoms with van der Waals surface area (Å²) in [5.41, 5.74) is 1.88. The van der Waals surface area contributed by atoms with E-state index in [1.165, 1.54) is 19.8 Å². The highest BCUT2D eigenvalue weighted by molar-refractivity contribution is 5.82. The van der Waals surface area contributed by atoms with Crippen molar-refractivity contribution in [2.24, 2.45) is 5.92 Å². The molecule has 154 valence electrons. The number of ether oxygens (including phenoxy) is 2. The summed E-state index contributed by atoms with van der Waals surface area (Å²) in [5.74, 6) is 1.65. The molecular weight excluding hydrogens is 354 g/mol. The van der Waals surface area contributed by atoms with Gasteiger partial charge in [-0.3, -0.25) is 9.59 Å². The molecule has 2 aliphatic rings. The Morgan fingerprint density at radius 1 is 1.32 bits per heavy atom. The second kappa shape index (κ2) is 8.97. The summed E-state index contributed by atoms with van der Waals surface area (Å²) < 4.78 is 11.7. The zero-order valence-electron chi connectivity index (χ0n) is 17.5. The van der Waals surface area contributed by atoms with Crippen molar-refractivity contribution in [2.75, 3.05) is 5.32 Å². The molecule has 1 aliphatic heterocycles. The number of ketones is 1. The van der Waals surface area contributed by atoms with Gasteiger partial charge in [0.15, 0.2) is 0 Å². The number of nitrogens with one attached hydrogen (secondary N) is 1. The Labute approximate surface area is 168 Å². The normalized spacial score (nSPS) is 24.6. The molecule has 0 bridgehead atoms. The fraction of sp³-hybridized carbons (Fsp3) is 0.652. The summed E-state index contributed by atoms with van der Waals surface area (Å²) in [5, 5.41) is 3.57. The van der Waals surface area contributed by atoms with Crippen molar-refractivity contribution >= 4 is 17.4 Å². The molecule has 5 nitrogen and oxygen atoms in total. The Morgan fingerprint density at radius 2 is 2.11 bits per heavy atom. The van der Waals surface area contributed by atoms with Crippen molar-refractivity contribution in [2.45, 2.75) is 90.7 Å². The summed E-state index contributed by atoms with van der Waals surface area (Å²) in [6.07, 6.45) is 6.66. The number of fused-ring (bicyclic) bond motifs is 3. The van der Waals surface area contributed by atoms with E-state index in [0.29, 0.717) is 36.0 Å². The van der Waals surface area contributed by atoms with Crippen molar-refractivity contribution in [1.29, 1.82) is 0 Å². The number of Topliss-reactive ketones (excluding diaryl/α,β-unsaturated/α-hetero) is 1. The van der Waals surface area contributed by atoms with E-state index in [1.807, 2.05) is 12.1 Å². The van der Waals surface area contributed by atoms with Crippen LogP contribution in [-0.4, -0.2) is 23.9 Å². The highest BCUT2D eigenvalue weighted by atomic mass is 16.5. The first-order valence-corrected chi connectivity index (χ1v) is 10.7. The van der Waals surface area contributed by atoms with E-state index in [9.17, 15) is 9.59 Å². The van der Waals surface area contributed by atoms with E-state index in [4.69, 9.17) is 9.47 Å². The van der Waals surface area contributed by atoms with Gasteiger partial charge in [-0.05, 0) is 39.0 Å². The van der Waals surface area contributed by atoms with Crippen LogP contribution in [0.4, 0.5) is 5.69 Å².